The number of benzene rings is 2. The SMILES string of the molecule is C=CCn1c(SCC(=O)Nc2cc(F)ccc2F)nc2scc(-c3ccccc3)c2c1=O. The monoisotopic (exact) mass is 469 g/mol. The van der Waals surface area contributed by atoms with Gasteiger partial charge in [0.1, 0.15) is 16.5 Å². The number of nitrogens with one attached hydrogen (secondary N) is 1. The van der Waals surface area contributed by atoms with Crippen LogP contribution in [0.3, 0.4) is 0 Å². The van der Waals surface area contributed by atoms with Crippen molar-refractivity contribution in [3.63, 3.8) is 0 Å². The van der Waals surface area contributed by atoms with E-state index in [1.807, 2.05) is 35.7 Å². The van der Waals surface area contributed by atoms with E-state index in [0.29, 0.717) is 15.4 Å². The molecule has 4 aromatic rings. The van der Waals surface area contributed by atoms with Gasteiger partial charge in [-0.15, -0.1) is 17.9 Å². The van der Waals surface area contributed by atoms with Gasteiger partial charge in [-0.05, 0) is 17.7 Å². The van der Waals surface area contributed by atoms with E-state index in [1.165, 1.54) is 15.9 Å². The summed E-state index contributed by atoms with van der Waals surface area (Å²) in [6, 6.07) is 12.4. The molecule has 162 valence electrons. The summed E-state index contributed by atoms with van der Waals surface area (Å²) in [4.78, 5) is 30.7. The normalized spacial score (nSPS) is 10.9. The second-order valence-corrected chi connectivity index (χ2v) is 8.56. The van der Waals surface area contributed by atoms with E-state index in [1.54, 1.807) is 6.08 Å². The highest BCUT2D eigenvalue weighted by Gasteiger charge is 2.18. The molecule has 0 fully saturated rings. The first-order valence-electron chi connectivity index (χ1n) is 9.54. The van der Waals surface area contributed by atoms with Gasteiger partial charge in [-0.25, -0.2) is 13.8 Å². The van der Waals surface area contributed by atoms with Crippen molar-refractivity contribution in [2.45, 2.75) is 11.7 Å². The van der Waals surface area contributed by atoms with E-state index in [2.05, 4.69) is 16.9 Å². The summed E-state index contributed by atoms with van der Waals surface area (Å²) in [7, 11) is 0. The zero-order chi connectivity index (χ0) is 22.7. The Kier molecular flexibility index (Phi) is 6.48. The summed E-state index contributed by atoms with van der Waals surface area (Å²) >= 11 is 2.39. The van der Waals surface area contributed by atoms with Crippen molar-refractivity contribution in [3.05, 3.63) is 88.6 Å². The number of amides is 1. The first-order valence-corrected chi connectivity index (χ1v) is 11.4. The number of carbonyl (C=O) groups is 1. The summed E-state index contributed by atoms with van der Waals surface area (Å²) in [5.74, 6) is -2.08. The van der Waals surface area contributed by atoms with Gasteiger partial charge < -0.3 is 5.32 Å². The number of rotatable bonds is 7. The fourth-order valence-electron chi connectivity index (χ4n) is 3.15. The zero-order valence-electron chi connectivity index (χ0n) is 16.7. The number of carbonyl (C=O) groups excluding carboxylic acids is 1. The molecule has 0 atom stereocenters. The lowest BCUT2D eigenvalue weighted by atomic mass is 10.1. The van der Waals surface area contributed by atoms with Crippen molar-refractivity contribution >= 4 is 44.9 Å². The van der Waals surface area contributed by atoms with Crippen molar-refractivity contribution in [2.24, 2.45) is 0 Å². The summed E-state index contributed by atoms with van der Waals surface area (Å²) in [6.07, 6.45) is 1.58. The molecule has 4 rings (SSSR count). The number of nitrogens with zero attached hydrogens (tertiary/aromatic N) is 2. The number of halogens is 2. The lowest BCUT2D eigenvalue weighted by Crippen LogP contribution is -2.23. The van der Waals surface area contributed by atoms with Gasteiger partial charge in [0.15, 0.2) is 5.16 Å². The van der Waals surface area contributed by atoms with Crippen molar-refractivity contribution in [1.82, 2.24) is 9.55 Å². The van der Waals surface area contributed by atoms with Gasteiger partial charge in [-0.1, -0.05) is 48.2 Å². The van der Waals surface area contributed by atoms with Gasteiger partial charge >= 0.3 is 0 Å². The van der Waals surface area contributed by atoms with Crippen LogP contribution < -0.4 is 10.9 Å². The van der Waals surface area contributed by atoms with Gasteiger partial charge in [0.05, 0.1) is 16.8 Å². The summed E-state index contributed by atoms with van der Waals surface area (Å²) < 4.78 is 28.5. The van der Waals surface area contributed by atoms with Crippen molar-refractivity contribution in [3.8, 4) is 11.1 Å². The molecular formula is C23H17F2N3O2S2. The van der Waals surface area contributed by atoms with Crippen LogP contribution >= 0.6 is 23.1 Å². The molecule has 0 saturated carbocycles. The lowest BCUT2D eigenvalue weighted by molar-refractivity contribution is -0.113. The van der Waals surface area contributed by atoms with E-state index >= 15 is 0 Å². The number of hydrogen-bond donors (Lipinski definition) is 1. The van der Waals surface area contributed by atoms with Gasteiger partial charge in [-0.3, -0.25) is 14.2 Å². The molecule has 5 nitrogen and oxygen atoms in total. The van der Waals surface area contributed by atoms with Gasteiger partial charge in [0.2, 0.25) is 5.91 Å². The van der Waals surface area contributed by atoms with E-state index in [9.17, 15) is 18.4 Å². The van der Waals surface area contributed by atoms with Crippen LogP contribution in [0.5, 0.6) is 0 Å². The Morgan fingerprint density at radius 3 is 2.75 bits per heavy atom. The number of fused-ring (bicyclic) bond motifs is 1. The number of thiophene rings is 1. The highest BCUT2D eigenvalue weighted by Crippen LogP contribution is 2.32. The molecule has 0 spiro atoms. The van der Waals surface area contributed by atoms with Crippen molar-refractivity contribution in [1.29, 1.82) is 0 Å². The molecule has 1 amide bonds. The first kappa shape index (κ1) is 21.9. The number of hydrogen-bond acceptors (Lipinski definition) is 5. The fourth-order valence-corrected chi connectivity index (χ4v) is 4.94. The van der Waals surface area contributed by atoms with Crippen LogP contribution in [-0.2, 0) is 11.3 Å². The predicted octanol–water partition coefficient (Wildman–Crippen LogP) is 5.32. The number of thioether (sulfide) groups is 1. The van der Waals surface area contributed by atoms with Crippen LogP contribution in [0.2, 0.25) is 0 Å². The topological polar surface area (TPSA) is 64.0 Å². The third-order valence-corrected chi connectivity index (χ3v) is 6.44. The van der Waals surface area contributed by atoms with Crippen LogP contribution in [0, 0.1) is 11.6 Å². The maximum absolute atomic E-state index is 13.8. The Hall–Kier alpha value is -3.30. The van der Waals surface area contributed by atoms with Crippen molar-refractivity contribution < 1.29 is 13.6 Å². The molecule has 0 aliphatic rings. The predicted molar refractivity (Wildman–Crippen MR) is 125 cm³/mol. The summed E-state index contributed by atoms with van der Waals surface area (Å²) in [5, 5.41) is 5.09. The molecule has 0 unspecified atom stereocenters. The number of aromatic nitrogens is 2. The minimum Gasteiger partial charge on any atom is -0.323 e. The highest BCUT2D eigenvalue weighted by molar-refractivity contribution is 7.99. The standard InChI is InChI=1S/C23H17F2N3O2S2/c1-2-10-28-22(30)20-16(14-6-4-3-5-7-14)12-31-21(20)27-23(28)32-13-19(29)26-18-11-15(24)8-9-17(18)25/h2-9,11-12H,1,10,13H2,(H,26,29). The molecule has 1 N–H and O–H groups in total. The van der Waals surface area contributed by atoms with Crippen LogP contribution in [0.1, 0.15) is 0 Å². The third-order valence-electron chi connectivity index (χ3n) is 4.59. The second-order valence-electron chi connectivity index (χ2n) is 6.76. The molecule has 9 heteroatoms. The average Bonchev–Trinajstić information content (AvgIpc) is 3.22. The van der Waals surface area contributed by atoms with Crippen LogP contribution in [0.25, 0.3) is 21.3 Å². The fraction of sp³-hybridized carbons (Fsp3) is 0.0870. The molecule has 32 heavy (non-hydrogen) atoms. The lowest BCUT2D eigenvalue weighted by Gasteiger charge is -2.11. The average molecular weight is 470 g/mol. The van der Waals surface area contributed by atoms with Gasteiger partial charge in [-0.2, -0.15) is 0 Å². The minimum atomic E-state index is -0.736. The molecule has 0 saturated heterocycles. The second kappa shape index (κ2) is 9.46. The molecule has 0 bridgehead atoms. The maximum Gasteiger partial charge on any atom is 0.263 e. The van der Waals surface area contributed by atoms with E-state index in [4.69, 9.17) is 0 Å². The van der Waals surface area contributed by atoms with Crippen LogP contribution in [0.15, 0.2) is 76.5 Å². The Morgan fingerprint density at radius 1 is 1.22 bits per heavy atom. The minimum absolute atomic E-state index is 0.137. The summed E-state index contributed by atoms with van der Waals surface area (Å²) in [6.45, 7) is 3.92. The number of allylic oxidation sites excluding steroid dienone is 1. The Balaban J connectivity index is 1.63. The molecular weight excluding hydrogens is 452 g/mol. The Labute approximate surface area is 190 Å². The molecule has 2 aromatic carbocycles. The Bertz CT molecular complexity index is 1370. The first-order chi connectivity index (χ1) is 15.5. The highest BCUT2D eigenvalue weighted by atomic mass is 32.2. The van der Waals surface area contributed by atoms with Gasteiger partial charge in [0.25, 0.3) is 5.56 Å². The van der Waals surface area contributed by atoms with Crippen LogP contribution in [-0.4, -0.2) is 21.2 Å². The number of anilines is 1. The molecule has 0 radical (unpaired) electrons. The van der Waals surface area contributed by atoms with Crippen LogP contribution in [0.4, 0.5) is 14.5 Å². The van der Waals surface area contributed by atoms with Gasteiger partial charge in [0, 0.05) is 23.6 Å². The molecule has 2 heterocycles. The largest absolute Gasteiger partial charge is 0.323 e. The smallest absolute Gasteiger partial charge is 0.263 e. The Morgan fingerprint density at radius 2 is 2.00 bits per heavy atom. The van der Waals surface area contributed by atoms with E-state index in [-0.39, 0.29) is 23.5 Å². The molecule has 0 aliphatic carbocycles. The van der Waals surface area contributed by atoms with Crippen molar-refractivity contribution in [2.75, 3.05) is 11.1 Å². The summed E-state index contributed by atoms with van der Waals surface area (Å²) in [5.41, 5.74) is 1.25. The quantitative estimate of drug-likeness (QED) is 0.226. The van der Waals surface area contributed by atoms with E-state index < -0.39 is 17.5 Å². The molecule has 0 aliphatic heterocycles. The molecule has 2 aromatic heterocycles. The van der Waals surface area contributed by atoms with E-state index in [0.717, 1.165) is 41.1 Å². The zero-order valence-corrected chi connectivity index (χ0v) is 18.3. The maximum atomic E-state index is 13.8. The third kappa shape index (κ3) is 4.49.